The highest BCUT2D eigenvalue weighted by molar-refractivity contribution is 6.05. The largest absolute Gasteiger partial charge is 0.507 e. The van der Waals surface area contributed by atoms with Crippen molar-refractivity contribution in [2.45, 2.75) is 0 Å². The summed E-state index contributed by atoms with van der Waals surface area (Å²) in [6, 6.07) is 4.42. The van der Waals surface area contributed by atoms with Gasteiger partial charge in [-0.05, 0) is 18.2 Å². The van der Waals surface area contributed by atoms with Gasteiger partial charge >= 0.3 is 0 Å². The van der Waals surface area contributed by atoms with Gasteiger partial charge in [0.2, 0.25) is 5.95 Å². The molecule has 0 saturated heterocycles. The predicted molar refractivity (Wildman–Crippen MR) is 61.2 cm³/mol. The lowest BCUT2D eigenvalue weighted by Gasteiger charge is -2.06. The van der Waals surface area contributed by atoms with Crippen molar-refractivity contribution in [3.63, 3.8) is 0 Å². The molecule has 17 heavy (non-hydrogen) atoms. The first-order valence-electron chi connectivity index (χ1n) is 4.88. The fraction of sp³-hybridized carbons (Fsp3) is 0.0909. The summed E-state index contributed by atoms with van der Waals surface area (Å²) in [7, 11) is 1.49. The molecule has 0 radical (unpaired) electrons. The molecule has 0 aliphatic heterocycles. The Morgan fingerprint density at radius 1 is 1.53 bits per heavy atom. The maximum absolute atomic E-state index is 11.8. The molecule has 1 aromatic heterocycles. The second-order valence-electron chi connectivity index (χ2n) is 3.27. The number of nitrogens with one attached hydrogen (secondary N) is 2. The number of aromatic hydroxyl groups is 1. The number of rotatable bonds is 3. The summed E-state index contributed by atoms with van der Waals surface area (Å²) in [4.78, 5) is 18.4. The van der Waals surface area contributed by atoms with Gasteiger partial charge < -0.3 is 14.8 Å². The van der Waals surface area contributed by atoms with Gasteiger partial charge in [-0.2, -0.15) is 0 Å². The molecule has 2 rings (SSSR count). The SMILES string of the molecule is COc1ccc(O)c(C(=O)Nc2ncc[nH]2)c1. The van der Waals surface area contributed by atoms with Gasteiger partial charge in [-0.15, -0.1) is 0 Å². The van der Waals surface area contributed by atoms with E-state index in [4.69, 9.17) is 4.74 Å². The van der Waals surface area contributed by atoms with Crippen molar-refractivity contribution >= 4 is 11.9 Å². The molecule has 0 fully saturated rings. The summed E-state index contributed by atoms with van der Waals surface area (Å²) in [6.07, 6.45) is 3.10. The summed E-state index contributed by atoms with van der Waals surface area (Å²) < 4.78 is 4.98. The van der Waals surface area contributed by atoms with Crippen molar-refractivity contribution < 1.29 is 14.6 Å². The number of hydrogen-bond donors (Lipinski definition) is 3. The van der Waals surface area contributed by atoms with Crippen LogP contribution >= 0.6 is 0 Å². The normalized spacial score (nSPS) is 9.94. The van der Waals surface area contributed by atoms with Crippen LogP contribution in [0.4, 0.5) is 5.95 Å². The second-order valence-corrected chi connectivity index (χ2v) is 3.27. The monoisotopic (exact) mass is 233 g/mol. The van der Waals surface area contributed by atoms with E-state index in [0.29, 0.717) is 11.7 Å². The summed E-state index contributed by atoms with van der Waals surface area (Å²) in [6.45, 7) is 0. The zero-order valence-corrected chi connectivity index (χ0v) is 9.10. The number of amides is 1. The van der Waals surface area contributed by atoms with Crippen LogP contribution in [0, 0.1) is 0 Å². The van der Waals surface area contributed by atoms with Crippen molar-refractivity contribution in [2.75, 3.05) is 12.4 Å². The third kappa shape index (κ3) is 2.36. The molecular formula is C11H11N3O3. The van der Waals surface area contributed by atoms with Crippen LogP contribution in [-0.2, 0) is 0 Å². The number of ether oxygens (including phenoxy) is 1. The standard InChI is InChI=1S/C11H11N3O3/c1-17-7-2-3-9(15)8(6-7)10(16)14-11-12-4-5-13-11/h2-6,15H,1H3,(H2,12,13,14,16). The Kier molecular flexibility index (Phi) is 2.95. The van der Waals surface area contributed by atoms with Gasteiger partial charge in [-0.1, -0.05) is 0 Å². The maximum Gasteiger partial charge on any atom is 0.261 e. The Labute approximate surface area is 97.3 Å². The number of anilines is 1. The lowest BCUT2D eigenvalue weighted by molar-refractivity contribution is 0.102. The average Bonchev–Trinajstić information content (AvgIpc) is 2.82. The van der Waals surface area contributed by atoms with E-state index < -0.39 is 5.91 Å². The van der Waals surface area contributed by atoms with E-state index in [0.717, 1.165) is 0 Å². The van der Waals surface area contributed by atoms with Crippen molar-refractivity contribution in [3.8, 4) is 11.5 Å². The van der Waals surface area contributed by atoms with E-state index in [-0.39, 0.29) is 11.3 Å². The number of carbonyl (C=O) groups is 1. The number of benzene rings is 1. The third-order valence-electron chi connectivity index (χ3n) is 2.18. The molecule has 0 saturated carbocycles. The number of aromatic amines is 1. The molecule has 0 atom stereocenters. The third-order valence-corrected chi connectivity index (χ3v) is 2.18. The second kappa shape index (κ2) is 4.56. The van der Waals surface area contributed by atoms with E-state index >= 15 is 0 Å². The summed E-state index contributed by atoms with van der Waals surface area (Å²) >= 11 is 0. The molecule has 6 heteroatoms. The van der Waals surface area contributed by atoms with Crippen molar-refractivity contribution in [2.24, 2.45) is 0 Å². The quantitative estimate of drug-likeness (QED) is 0.747. The molecule has 0 aliphatic rings. The molecule has 0 spiro atoms. The molecule has 3 N–H and O–H groups in total. The number of H-pyrrole nitrogens is 1. The molecule has 0 bridgehead atoms. The fourth-order valence-corrected chi connectivity index (χ4v) is 1.33. The lowest BCUT2D eigenvalue weighted by Crippen LogP contribution is -2.13. The van der Waals surface area contributed by atoms with Gasteiger partial charge in [0.05, 0.1) is 12.7 Å². The molecule has 1 amide bonds. The van der Waals surface area contributed by atoms with Gasteiger partial charge in [0, 0.05) is 12.4 Å². The van der Waals surface area contributed by atoms with Crippen molar-refractivity contribution in [1.29, 1.82) is 0 Å². The molecule has 6 nitrogen and oxygen atoms in total. The Balaban J connectivity index is 2.24. The molecule has 1 heterocycles. The smallest absolute Gasteiger partial charge is 0.261 e. The van der Waals surface area contributed by atoms with E-state index in [9.17, 15) is 9.90 Å². The first-order valence-corrected chi connectivity index (χ1v) is 4.88. The van der Waals surface area contributed by atoms with Crippen molar-refractivity contribution in [1.82, 2.24) is 9.97 Å². The highest BCUT2D eigenvalue weighted by Gasteiger charge is 2.13. The number of hydrogen-bond acceptors (Lipinski definition) is 4. The molecule has 88 valence electrons. The zero-order chi connectivity index (χ0) is 12.3. The van der Waals surface area contributed by atoms with Gasteiger partial charge in [0.25, 0.3) is 5.91 Å². The van der Waals surface area contributed by atoms with Crippen molar-refractivity contribution in [3.05, 3.63) is 36.2 Å². The minimum absolute atomic E-state index is 0.116. The molecule has 1 aromatic carbocycles. The molecular weight excluding hydrogens is 222 g/mol. The van der Waals surface area contributed by atoms with Gasteiger partial charge in [-0.25, -0.2) is 4.98 Å². The minimum atomic E-state index is -0.462. The van der Waals surface area contributed by atoms with Gasteiger partial charge in [-0.3, -0.25) is 10.1 Å². The first-order chi connectivity index (χ1) is 8.20. The predicted octanol–water partition coefficient (Wildman–Crippen LogP) is 1.38. The van der Waals surface area contributed by atoms with Gasteiger partial charge in [0.15, 0.2) is 0 Å². The van der Waals surface area contributed by atoms with Crippen LogP contribution in [0.5, 0.6) is 11.5 Å². The molecule has 0 aliphatic carbocycles. The summed E-state index contributed by atoms with van der Waals surface area (Å²) in [5.74, 6) is 0.232. The fourth-order valence-electron chi connectivity index (χ4n) is 1.33. The number of nitrogens with zero attached hydrogens (tertiary/aromatic N) is 1. The average molecular weight is 233 g/mol. The van der Waals surface area contributed by atoms with E-state index in [2.05, 4.69) is 15.3 Å². The van der Waals surface area contributed by atoms with Crippen LogP contribution in [0.3, 0.4) is 0 Å². The Morgan fingerprint density at radius 2 is 2.35 bits per heavy atom. The lowest BCUT2D eigenvalue weighted by atomic mass is 10.2. The Morgan fingerprint density at radius 3 is 3.00 bits per heavy atom. The topological polar surface area (TPSA) is 87.2 Å². The van der Waals surface area contributed by atoms with E-state index in [1.165, 1.54) is 25.4 Å². The number of phenolic OH excluding ortho intramolecular Hbond substituents is 1. The van der Waals surface area contributed by atoms with E-state index in [1.54, 1.807) is 12.3 Å². The van der Waals surface area contributed by atoms with Crippen LogP contribution in [0.1, 0.15) is 10.4 Å². The summed E-state index contributed by atoms with van der Waals surface area (Å²) in [5, 5.41) is 12.1. The number of carbonyl (C=O) groups excluding carboxylic acids is 1. The van der Waals surface area contributed by atoms with Crippen LogP contribution in [0.2, 0.25) is 0 Å². The number of phenols is 1. The summed E-state index contributed by atoms with van der Waals surface area (Å²) in [5.41, 5.74) is 0.126. The molecule has 2 aromatic rings. The number of imidazole rings is 1. The maximum atomic E-state index is 11.8. The highest BCUT2D eigenvalue weighted by Crippen LogP contribution is 2.23. The zero-order valence-electron chi connectivity index (χ0n) is 9.10. The molecule has 0 unspecified atom stereocenters. The van der Waals surface area contributed by atoms with Crippen LogP contribution in [0.15, 0.2) is 30.6 Å². The minimum Gasteiger partial charge on any atom is -0.507 e. The Hall–Kier alpha value is -2.50. The van der Waals surface area contributed by atoms with Crippen LogP contribution in [-0.4, -0.2) is 28.1 Å². The van der Waals surface area contributed by atoms with Crippen LogP contribution < -0.4 is 10.1 Å². The number of aromatic nitrogens is 2. The van der Waals surface area contributed by atoms with Crippen LogP contribution in [0.25, 0.3) is 0 Å². The van der Waals surface area contributed by atoms with E-state index in [1.807, 2.05) is 0 Å². The number of methoxy groups -OCH3 is 1. The Bertz CT molecular complexity index is 523. The highest BCUT2D eigenvalue weighted by atomic mass is 16.5. The van der Waals surface area contributed by atoms with Gasteiger partial charge in [0.1, 0.15) is 11.5 Å². The first kappa shape index (κ1) is 11.0.